The Morgan fingerprint density at radius 2 is 1.89 bits per heavy atom. The smallest absolute Gasteiger partial charge is 0.265 e. The topological polar surface area (TPSA) is 111 Å². The van der Waals surface area contributed by atoms with Crippen LogP contribution in [0, 0.1) is 0 Å². The minimum Gasteiger partial charge on any atom is -0.388 e. The third kappa shape index (κ3) is 3.20. The maximum atomic E-state index is 12.0. The summed E-state index contributed by atoms with van der Waals surface area (Å²) in [6.07, 6.45) is 4.03. The van der Waals surface area contributed by atoms with Gasteiger partial charge in [0.05, 0.1) is 5.69 Å². The van der Waals surface area contributed by atoms with Gasteiger partial charge in [-0.1, -0.05) is 12.2 Å². The molecule has 0 radical (unpaired) electrons. The lowest BCUT2D eigenvalue weighted by atomic mass is 10.3. The van der Waals surface area contributed by atoms with Crippen LogP contribution < -0.4 is 10.5 Å². The maximum absolute atomic E-state index is 12.0. The van der Waals surface area contributed by atoms with Crippen LogP contribution in [0.25, 0.3) is 0 Å². The van der Waals surface area contributed by atoms with Crippen molar-refractivity contribution in [3.8, 4) is 0 Å². The largest absolute Gasteiger partial charge is 0.388 e. The second kappa shape index (κ2) is 5.24. The van der Waals surface area contributed by atoms with Gasteiger partial charge in [0.25, 0.3) is 10.0 Å². The molecule has 0 aromatic carbocycles. The first kappa shape index (κ1) is 13.3. The molecule has 2 aromatic heterocycles. The molecular formula is C10H9N5O2S2. The van der Waals surface area contributed by atoms with Crippen LogP contribution in [0.5, 0.6) is 0 Å². The van der Waals surface area contributed by atoms with Crippen LogP contribution in [0.3, 0.4) is 0 Å². The van der Waals surface area contributed by atoms with Gasteiger partial charge in [0.1, 0.15) is 9.88 Å². The number of hydrogen-bond donors (Lipinski definition) is 2. The van der Waals surface area contributed by atoms with E-state index in [0.717, 1.165) is 0 Å². The molecule has 0 fully saturated rings. The summed E-state index contributed by atoms with van der Waals surface area (Å²) in [7, 11) is -3.78. The Morgan fingerprint density at radius 1 is 1.21 bits per heavy atom. The molecule has 2 heterocycles. The lowest BCUT2D eigenvalue weighted by Gasteiger charge is -2.06. The number of aromatic nitrogens is 3. The second-order valence-corrected chi connectivity index (χ2v) is 5.54. The standard InChI is InChI=1S/C10H9N5O2S2/c11-9(18)8-3-2-7(6-14-8)19(16,17)15-10-12-4-1-5-13-10/h1-6H,(H2,11,18)(H,12,13,15). The van der Waals surface area contributed by atoms with Crippen LogP contribution >= 0.6 is 12.2 Å². The number of nitrogens with two attached hydrogens (primary N) is 1. The average Bonchev–Trinajstić information content (AvgIpc) is 2.39. The van der Waals surface area contributed by atoms with Crippen molar-refractivity contribution in [3.63, 3.8) is 0 Å². The lowest BCUT2D eigenvalue weighted by Crippen LogP contribution is -2.16. The minimum absolute atomic E-state index is 0.0130. The van der Waals surface area contributed by atoms with E-state index < -0.39 is 10.0 Å². The Morgan fingerprint density at radius 3 is 2.42 bits per heavy atom. The molecule has 0 unspecified atom stereocenters. The van der Waals surface area contributed by atoms with Crippen LogP contribution in [-0.2, 0) is 10.0 Å². The van der Waals surface area contributed by atoms with Gasteiger partial charge in [-0.15, -0.1) is 0 Å². The zero-order chi connectivity index (χ0) is 13.9. The first-order chi connectivity index (χ1) is 8.99. The minimum atomic E-state index is -3.78. The monoisotopic (exact) mass is 295 g/mol. The van der Waals surface area contributed by atoms with Crippen molar-refractivity contribution in [2.24, 2.45) is 5.73 Å². The highest BCUT2D eigenvalue weighted by Gasteiger charge is 2.16. The second-order valence-electron chi connectivity index (χ2n) is 3.42. The van der Waals surface area contributed by atoms with E-state index in [-0.39, 0.29) is 15.8 Å². The van der Waals surface area contributed by atoms with Gasteiger partial charge in [0.2, 0.25) is 5.95 Å². The zero-order valence-corrected chi connectivity index (χ0v) is 11.1. The summed E-state index contributed by atoms with van der Waals surface area (Å²) in [4.78, 5) is 11.5. The van der Waals surface area contributed by atoms with Crippen LogP contribution in [0.2, 0.25) is 0 Å². The Balaban J connectivity index is 2.27. The summed E-state index contributed by atoms with van der Waals surface area (Å²) in [5, 5.41) is 0. The van der Waals surface area contributed by atoms with E-state index >= 15 is 0 Å². The SMILES string of the molecule is NC(=S)c1ccc(S(=O)(=O)Nc2ncccn2)cn1. The summed E-state index contributed by atoms with van der Waals surface area (Å²) in [5.74, 6) is -0.0130. The molecule has 0 spiro atoms. The molecule has 0 saturated carbocycles. The van der Waals surface area contributed by atoms with E-state index in [4.69, 9.17) is 18.0 Å². The first-order valence-electron chi connectivity index (χ1n) is 5.05. The normalized spacial score (nSPS) is 10.9. The van der Waals surface area contributed by atoms with Crippen LogP contribution in [0.1, 0.15) is 5.69 Å². The van der Waals surface area contributed by atoms with Crippen LogP contribution in [0.4, 0.5) is 5.95 Å². The van der Waals surface area contributed by atoms with Crippen LogP contribution in [-0.4, -0.2) is 28.4 Å². The predicted molar refractivity (Wildman–Crippen MR) is 73.0 cm³/mol. The highest BCUT2D eigenvalue weighted by molar-refractivity contribution is 7.92. The number of hydrogen-bond acceptors (Lipinski definition) is 6. The van der Waals surface area contributed by atoms with Gasteiger partial charge in [-0.25, -0.2) is 23.1 Å². The molecule has 0 bridgehead atoms. The number of nitrogens with one attached hydrogen (secondary N) is 1. The summed E-state index contributed by atoms with van der Waals surface area (Å²) in [5.41, 5.74) is 5.73. The van der Waals surface area contributed by atoms with Crippen molar-refractivity contribution in [2.45, 2.75) is 4.90 Å². The Hall–Kier alpha value is -2.13. The number of rotatable bonds is 4. The van der Waals surface area contributed by atoms with Gasteiger partial charge in [0.15, 0.2) is 0 Å². The summed E-state index contributed by atoms with van der Waals surface area (Å²) in [6, 6.07) is 4.37. The average molecular weight is 295 g/mol. The van der Waals surface area contributed by atoms with Crippen LogP contribution in [0.15, 0.2) is 41.7 Å². The van der Waals surface area contributed by atoms with Gasteiger partial charge < -0.3 is 5.73 Å². The number of pyridine rings is 1. The zero-order valence-electron chi connectivity index (χ0n) is 9.52. The molecular weight excluding hydrogens is 286 g/mol. The third-order valence-electron chi connectivity index (χ3n) is 2.09. The van der Waals surface area contributed by atoms with E-state index in [1.807, 2.05) is 0 Å². The van der Waals surface area contributed by atoms with E-state index in [9.17, 15) is 8.42 Å². The molecule has 9 heteroatoms. The molecule has 0 aliphatic heterocycles. The molecule has 0 atom stereocenters. The number of thiocarbonyl (C=S) groups is 1. The predicted octanol–water partition coefficient (Wildman–Crippen LogP) is 0.307. The van der Waals surface area contributed by atoms with Gasteiger partial charge in [-0.2, -0.15) is 0 Å². The van der Waals surface area contributed by atoms with Crippen molar-refractivity contribution in [1.29, 1.82) is 0 Å². The molecule has 7 nitrogen and oxygen atoms in total. The molecule has 2 aromatic rings. The van der Waals surface area contributed by atoms with Crippen molar-refractivity contribution in [2.75, 3.05) is 4.72 Å². The molecule has 19 heavy (non-hydrogen) atoms. The molecule has 0 aliphatic carbocycles. The van der Waals surface area contributed by atoms with Crippen molar-refractivity contribution >= 4 is 33.2 Å². The quantitative estimate of drug-likeness (QED) is 0.781. The van der Waals surface area contributed by atoms with Crippen molar-refractivity contribution < 1.29 is 8.42 Å². The molecule has 98 valence electrons. The fourth-order valence-electron chi connectivity index (χ4n) is 1.22. The van der Waals surface area contributed by atoms with E-state index in [1.54, 1.807) is 6.07 Å². The Labute approximate surface area is 115 Å². The van der Waals surface area contributed by atoms with E-state index in [1.165, 1.54) is 30.7 Å². The molecule has 0 amide bonds. The van der Waals surface area contributed by atoms with Crippen molar-refractivity contribution in [3.05, 3.63) is 42.5 Å². The van der Waals surface area contributed by atoms with E-state index in [0.29, 0.717) is 5.69 Å². The number of anilines is 1. The summed E-state index contributed by atoms with van der Waals surface area (Å²) >= 11 is 4.73. The fourth-order valence-corrected chi connectivity index (χ4v) is 2.24. The van der Waals surface area contributed by atoms with Gasteiger partial charge >= 0.3 is 0 Å². The Bertz CT molecular complexity index is 686. The fraction of sp³-hybridized carbons (Fsp3) is 0. The highest BCUT2D eigenvalue weighted by Crippen LogP contribution is 2.11. The molecule has 0 aliphatic rings. The highest BCUT2D eigenvalue weighted by atomic mass is 32.2. The maximum Gasteiger partial charge on any atom is 0.265 e. The number of nitrogens with zero attached hydrogens (tertiary/aromatic N) is 3. The third-order valence-corrected chi connectivity index (χ3v) is 3.61. The molecule has 3 N–H and O–H groups in total. The lowest BCUT2D eigenvalue weighted by molar-refractivity contribution is 0.600. The van der Waals surface area contributed by atoms with Gasteiger partial charge in [-0.3, -0.25) is 4.98 Å². The summed E-state index contributed by atoms with van der Waals surface area (Å²) in [6.45, 7) is 0. The Kier molecular flexibility index (Phi) is 3.67. The van der Waals surface area contributed by atoms with Gasteiger partial charge in [-0.05, 0) is 18.2 Å². The van der Waals surface area contributed by atoms with E-state index in [2.05, 4.69) is 19.7 Å². The van der Waals surface area contributed by atoms with Gasteiger partial charge in [0, 0.05) is 18.6 Å². The summed E-state index contributed by atoms with van der Waals surface area (Å²) < 4.78 is 26.2. The number of sulfonamides is 1. The molecule has 2 rings (SSSR count). The first-order valence-corrected chi connectivity index (χ1v) is 6.94. The molecule has 0 saturated heterocycles. The van der Waals surface area contributed by atoms with Crippen molar-refractivity contribution in [1.82, 2.24) is 15.0 Å².